The van der Waals surface area contributed by atoms with Gasteiger partial charge >= 0.3 is 0 Å². The predicted octanol–water partition coefficient (Wildman–Crippen LogP) is 5.41. The van der Waals surface area contributed by atoms with Crippen molar-refractivity contribution in [3.05, 3.63) is 58.3 Å². The van der Waals surface area contributed by atoms with E-state index in [9.17, 15) is 4.39 Å². The van der Waals surface area contributed by atoms with Crippen molar-refractivity contribution in [1.82, 2.24) is 5.32 Å². The zero-order chi connectivity index (χ0) is 14.5. The van der Waals surface area contributed by atoms with Crippen LogP contribution in [0, 0.1) is 5.82 Å². The summed E-state index contributed by atoms with van der Waals surface area (Å²) < 4.78 is 14.0. The molecule has 0 saturated heterocycles. The van der Waals surface area contributed by atoms with Gasteiger partial charge in [0.1, 0.15) is 5.82 Å². The first-order chi connectivity index (χ1) is 9.60. The Balaban J connectivity index is 2.28. The Morgan fingerprint density at radius 2 is 1.90 bits per heavy atom. The Kier molecular flexibility index (Phi) is 5.64. The lowest BCUT2D eigenvalue weighted by molar-refractivity contribution is 0.589. The largest absolute Gasteiger partial charge is 0.310 e. The van der Waals surface area contributed by atoms with Gasteiger partial charge in [0.05, 0.1) is 0 Å². The first-order valence-electron chi connectivity index (χ1n) is 6.56. The summed E-state index contributed by atoms with van der Waals surface area (Å²) in [6.45, 7) is 5.18. The molecule has 1 nitrogen and oxygen atoms in total. The summed E-state index contributed by atoms with van der Waals surface area (Å²) in [7, 11) is 0. The molecule has 106 valence electrons. The molecule has 1 unspecified atom stereocenters. The molecule has 0 heterocycles. The van der Waals surface area contributed by atoms with Gasteiger partial charge in [0, 0.05) is 20.3 Å². The molecular formula is C16H17BrFNS. The molecule has 0 aliphatic heterocycles. The van der Waals surface area contributed by atoms with E-state index in [0.717, 1.165) is 15.9 Å². The first-order valence-corrected chi connectivity index (χ1v) is 8.17. The zero-order valence-corrected chi connectivity index (χ0v) is 13.9. The molecule has 0 amide bonds. The van der Waals surface area contributed by atoms with Crippen molar-refractivity contribution in [3.8, 4) is 0 Å². The Morgan fingerprint density at radius 1 is 1.20 bits per heavy atom. The van der Waals surface area contributed by atoms with Gasteiger partial charge in [-0.3, -0.25) is 0 Å². The molecule has 0 aliphatic carbocycles. The van der Waals surface area contributed by atoms with E-state index in [1.54, 1.807) is 11.8 Å². The van der Waals surface area contributed by atoms with Crippen LogP contribution in [0.5, 0.6) is 0 Å². The second-order valence-corrected chi connectivity index (χ2v) is 6.55. The summed E-state index contributed by atoms with van der Waals surface area (Å²) in [5, 5.41) is 3.43. The molecular weight excluding hydrogens is 337 g/mol. The van der Waals surface area contributed by atoms with Gasteiger partial charge in [0.15, 0.2) is 0 Å². The second-order valence-electron chi connectivity index (χ2n) is 4.52. The average Bonchev–Trinajstić information content (AvgIpc) is 2.43. The van der Waals surface area contributed by atoms with Crippen molar-refractivity contribution in [2.24, 2.45) is 0 Å². The summed E-state index contributed by atoms with van der Waals surface area (Å²) >= 11 is 5.18. The van der Waals surface area contributed by atoms with Crippen LogP contribution in [-0.2, 0) is 0 Å². The number of hydrogen-bond donors (Lipinski definition) is 1. The SMILES string of the molecule is CCNC(C)c1cc(Br)ccc1Sc1ccc(F)cc1. The lowest BCUT2D eigenvalue weighted by Gasteiger charge is -2.17. The molecule has 4 heteroatoms. The standard InChI is InChI=1S/C16H17BrFNS/c1-3-19-11(2)15-10-12(17)4-9-16(15)20-14-7-5-13(18)6-8-14/h4-11,19H,3H2,1-2H3. The van der Waals surface area contributed by atoms with E-state index < -0.39 is 0 Å². The van der Waals surface area contributed by atoms with E-state index in [0.29, 0.717) is 0 Å². The fourth-order valence-corrected chi connectivity index (χ4v) is 3.39. The highest BCUT2D eigenvalue weighted by Crippen LogP contribution is 2.35. The highest BCUT2D eigenvalue weighted by atomic mass is 79.9. The summed E-state index contributed by atoms with van der Waals surface area (Å²) in [6, 6.07) is 13.2. The highest BCUT2D eigenvalue weighted by molar-refractivity contribution is 9.10. The van der Waals surface area contributed by atoms with Crippen molar-refractivity contribution in [1.29, 1.82) is 0 Å². The molecule has 0 aromatic heterocycles. The minimum absolute atomic E-state index is 0.202. The van der Waals surface area contributed by atoms with Gasteiger partial charge in [-0.25, -0.2) is 4.39 Å². The number of nitrogens with one attached hydrogen (secondary N) is 1. The van der Waals surface area contributed by atoms with Crippen LogP contribution in [0.4, 0.5) is 4.39 Å². The second kappa shape index (κ2) is 7.25. The van der Waals surface area contributed by atoms with E-state index in [2.05, 4.69) is 47.2 Å². The minimum atomic E-state index is -0.202. The van der Waals surface area contributed by atoms with Crippen LogP contribution in [-0.4, -0.2) is 6.54 Å². The van der Waals surface area contributed by atoms with Crippen LogP contribution < -0.4 is 5.32 Å². The fraction of sp³-hybridized carbons (Fsp3) is 0.250. The maximum absolute atomic E-state index is 13.0. The third kappa shape index (κ3) is 4.08. The van der Waals surface area contributed by atoms with Gasteiger partial charge < -0.3 is 5.32 Å². The Labute approximate surface area is 132 Å². The summed E-state index contributed by atoms with van der Waals surface area (Å²) in [4.78, 5) is 2.23. The normalized spacial score (nSPS) is 12.4. The number of benzene rings is 2. The van der Waals surface area contributed by atoms with E-state index in [1.807, 2.05) is 18.2 Å². The maximum Gasteiger partial charge on any atom is 0.123 e. The summed E-state index contributed by atoms with van der Waals surface area (Å²) in [5.74, 6) is -0.202. The van der Waals surface area contributed by atoms with Crippen molar-refractivity contribution in [2.45, 2.75) is 29.7 Å². The van der Waals surface area contributed by atoms with E-state index in [-0.39, 0.29) is 11.9 Å². The Hall–Kier alpha value is -0.840. The highest BCUT2D eigenvalue weighted by Gasteiger charge is 2.11. The summed E-state index contributed by atoms with van der Waals surface area (Å²) in [5.41, 5.74) is 1.25. The summed E-state index contributed by atoms with van der Waals surface area (Å²) in [6.07, 6.45) is 0. The molecule has 1 N–H and O–H groups in total. The minimum Gasteiger partial charge on any atom is -0.310 e. The van der Waals surface area contributed by atoms with Crippen LogP contribution in [0.15, 0.2) is 56.7 Å². The molecule has 0 aliphatic rings. The number of rotatable bonds is 5. The van der Waals surface area contributed by atoms with Crippen molar-refractivity contribution in [3.63, 3.8) is 0 Å². The average molecular weight is 354 g/mol. The molecule has 2 rings (SSSR count). The molecule has 2 aromatic rings. The Morgan fingerprint density at radius 3 is 2.55 bits per heavy atom. The molecule has 0 fully saturated rings. The first kappa shape index (κ1) is 15.5. The zero-order valence-electron chi connectivity index (χ0n) is 11.5. The lowest BCUT2D eigenvalue weighted by atomic mass is 10.1. The van der Waals surface area contributed by atoms with Gasteiger partial charge in [-0.15, -0.1) is 0 Å². The lowest BCUT2D eigenvalue weighted by Crippen LogP contribution is -2.18. The van der Waals surface area contributed by atoms with E-state index in [4.69, 9.17) is 0 Å². The van der Waals surface area contributed by atoms with E-state index >= 15 is 0 Å². The smallest absolute Gasteiger partial charge is 0.123 e. The van der Waals surface area contributed by atoms with Crippen LogP contribution in [0.1, 0.15) is 25.5 Å². The number of hydrogen-bond acceptors (Lipinski definition) is 2. The van der Waals surface area contributed by atoms with Crippen LogP contribution >= 0.6 is 27.7 Å². The molecule has 1 atom stereocenters. The van der Waals surface area contributed by atoms with Gasteiger partial charge in [-0.05, 0) is 61.5 Å². The van der Waals surface area contributed by atoms with Gasteiger partial charge in [-0.2, -0.15) is 0 Å². The van der Waals surface area contributed by atoms with Crippen molar-refractivity contribution >= 4 is 27.7 Å². The molecule has 2 aromatic carbocycles. The number of halogens is 2. The molecule has 0 bridgehead atoms. The molecule has 0 radical (unpaired) electrons. The van der Waals surface area contributed by atoms with Crippen LogP contribution in [0.25, 0.3) is 0 Å². The fourth-order valence-electron chi connectivity index (χ4n) is 2.00. The van der Waals surface area contributed by atoms with Gasteiger partial charge in [-0.1, -0.05) is 34.6 Å². The monoisotopic (exact) mass is 353 g/mol. The van der Waals surface area contributed by atoms with Crippen LogP contribution in [0.3, 0.4) is 0 Å². The van der Waals surface area contributed by atoms with Crippen molar-refractivity contribution in [2.75, 3.05) is 6.54 Å². The van der Waals surface area contributed by atoms with Crippen LogP contribution in [0.2, 0.25) is 0 Å². The third-order valence-corrected chi connectivity index (χ3v) is 4.58. The molecule has 0 spiro atoms. The van der Waals surface area contributed by atoms with Gasteiger partial charge in [0.2, 0.25) is 0 Å². The van der Waals surface area contributed by atoms with Gasteiger partial charge in [0.25, 0.3) is 0 Å². The maximum atomic E-state index is 13.0. The molecule has 20 heavy (non-hydrogen) atoms. The molecule has 0 saturated carbocycles. The Bertz CT molecular complexity index is 571. The topological polar surface area (TPSA) is 12.0 Å². The van der Waals surface area contributed by atoms with E-state index in [1.165, 1.54) is 22.6 Å². The van der Waals surface area contributed by atoms with Crippen molar-refractivity contribution < 1.29 is 4.39 Å². The third-order valence-electron chi connectivity index (χ3n) is 2.99. The predicted molar refractivity (Wildman–Crippen MR) is 86.8 cm³/mol. The quantitative estimate of drug-likeness (QED) is 0.771.